The molecule has 3 N–H and O–H groups in total. The van der Waals surface area contributed by atoms with Crippen LogP contribution in [0.15, 0.2) is 28.8 Å². The lowest BCUT2D eigenvalue weighted by Gasteiger charge is -2.25. The van der Waals surface area contributed by atoms with Crippen molar-refractivity contribution in [1.29, 1.82) is 0 Å². The second kappa shape index (κ2) is 7.01. The number of hydrogen-bond donors (Lipinski definition) is 2. The minimum Gasteiger partial charge on any atom is -0.361 e. The first kappa shape index (κ1) is 16.6. The van der Waals surface area contributed by atoms with Gasteiger partial charge in [0.05, 0.1) is 6.54 Å². The van der Waals surface area contributed by atoms with E-state index in [1.807, 2.05) is 50.2 Å². The highest BCUT2D eigenvalue weighted by Gasteiger charge is 2.24. The Bertz CT molecular complexity index is 711. The van der Waals surface area contributed by atoms with Crippen molar-refractivity contribution in [2.45, 2.75) is 19.5 Å². The van der Waals surface area contributed by atoms with Crippen LogP contribution in [0.2, 0.25) is 0 Å². The largest absolute Gasteiger partial charge is 0.361 e. The molecule has 0 aliphatic rings. The predicted molar refractivity (Wildman–Crippen MR) is 82.3 cm³/mol. The van der Waals surface area contributed by atoms with Crippen molar-refractivity contribution in [3.05, 3.63) is 47.1 Å². The summed E-state index contributed by atoms with van der Waals surface area (Å²) < 4.78 is 4.67. The van der Waals surface area contributed by atoms with E-state index in [2.05, 4.69) is 20.0 Å². The van der Waals surface area contributed by atoms with Gasteiger partial charge in [0.2, 0.25) is 5.91 Å². The molecule has 2 amide bonds. The van der Waals surface area contributed by atoms with Gasteiger partial charge < -0.3 is 15.6 Å². The molecular formula is C15H19N5O3. The normalized spacial score (nSPS) is 12.2. The molecule has 23 heavy (non-hydrogen) atoms. The molecule has 0 radical (unpaired) electrons. The fraction of sp³-hybridized carbons (Fsp3) is 0.333. The Hall–Kier alpha value is -2.74. The summed E-state index contributed by atoms with van der Waals surface area (Å²) in [6.45, 7) is 2.00. The van der Waals surface area contributed by atoms with Gasteiger partial charge in [-0.1, -0.05) is 29.4 Å². The van der Waals surface area contributed by atoms with Crippen LogP contribution >= 0.6 is 0 Å². The first-order valence-corrected chi connectivity index (χ1v) is 7.02. The number of nitrogens with one attached hydrogen (secondary N) is 1. The average Bonchev–Trinajstić information content (AvgIpc) is 2.96. The number of likely N-dealkylation sites (N-methyl/N-ethyl adjacent to an activating group) is 1. The number of hydrogen-bond acceptors (Lipinski definition) is 6. The lowest BCUT2D eigenvalue weighted by Crippen LogP contribution is -2.37. The summed E-state index contributed by atoms with van der Waals surface area (Å²) >= 11 is 0. The zero-order chi connectivity index (χ0) is 17.0. The number of carbonyl (C=O) groups excluding carboxylic acids is 2. The van der Waals surface area contributed by atoms with Crippen LogP contribution in [0, 0.1) is 6.92 Å². The molecule has 1 aromatic heterocycles. The molecule has 0 aliphatic carbocycles. The maximum Gasteiger partial charge on any atom is 0.315 e. The number of aryl methyl sites for hydroxylation is 1. The van der Waals surface area contributed by atoms with Crippen molar-refractivity contribution in [3.63, 3.8) is 0 Å². The average molecular weight is 317 g/mol. The van der Waals surface area contributed by atoms with Gasteiger partial charge in [-0.15, -0.1) is 0 Å². The number of rotatable bonds is 6. The number of amides is 2. The van der Waals surface area contributed by atoms with Crippen LogP contribution in [0.25, 0.3) is 0 Å². The maximum absolute atomic E-state index is 12.5. The van der Waals surface area contributed by atoms with E-state index in [-0.39, 0.29) is 24.2 Å². The zero-order valence-corrected chi connectivity index (χ0v) is 13.2. The van der Waals surface area contributed by atoms with Gasteiger partial charge in [-0.2, -0.15) is 4.98 Å². The Labute approximate surface area is 133 Å². The minimum atomic E-state index is -0.804. The molecule has 2 aromatic rings. The van der Waals surface area contributed by atoms with E-state index in [9.17, 15) is 9.59 Å². The summed E-state index contributed by atoms with van der Waals surface area (Å²) in [6, 6.07) is 7.24. The molecular weight excluding hydrogens is 298 g/mol. The third-order valence-electron chi connectivity index (χ3n) is 3.35. The number of benzene rings is 1. The Kier molecular flexibility index (Phi) is 5.07. The number of nitrogens with two attached hydrogens (primary N) is 1. The van der Waals surface area contributed by atoms with Crippen molar-refractivity contribution in [2.75, 3.05) is 14.1 Å². The number of aromatic nitrogens is 2. The highest BCUT2D eigenvalue weighted by molar-refractivity contribution is 5.87. The van der Waals surface area contributed by atoms with Crippen LogP contribution in [0.5, 0.6) is 0 Å². The van der Waals surface area contributed by atoms with Gasteiger partial charge in [-0.3, -0.25) is 14.5 Å². The van der Waals surface area contributed by atoms with Gasteiger partial charge >= 0.3 is 11.8 Å². The molecule has 8 heteroatoms. The second-order valence-electron chi connectivity index (χ2n) is 5.32. The molecule has 0 bridgehead atoms. The Morgan fingerprint density at radius 2 is 2.04 bits per heavy atom. The highest BCUT2D eigenvalue weighted by Crippen LogP contribution is 2.22. The SMILES string of the molecule is Cc1ccccc1[C@H](C(=O)NCc1noc(C(N)=O)n1)N(C)C. The third kappa shape index (κ3) is 3.92. The van der Waals surface area contributed by atoms with Crippen LogP contribution < -0.4 is 11.1 Å². The molecule has 0 spiro atoms. The summed E-state index contributed by atoms with van der Waals surface area (Å²) in [5.41, 5.74) is 6.98. The summed E-state index contributed by atoms with van der Waals surface area (Å²) in [5.74, 6) is -1.09. The molecule has 8 nitrogen and oxygen atoms in total. The van der Waals surface area contributed by atoms with Gasteiger partial charge in [-0.05, 0) is 32.1 Å². The molecule has 0 saturated heterocycles. The molecule has 1 aromatic carbocycles. The summed E-state index contributed by atoms with van der Waals surface area (Å²) in [7, 11) is 3.66. The number of nitrogens with zero attached hydrogens (tertiary/aromatic N) is 3. The van der Waals surface area contributed by atoms with E-state index in [1.165, 1.54) is 0 Å². The molecule has 0 saturated carbocycles. The van der Waals surface area contributed by atoms with Gasteiger partial charge in [0, 0.05) is 0 Å². The van der Waals surface area contributed by atoms with Crippen LogP contribution in [0.1, 0.15) is 33.7 Å². The zero-order valence-electron chi connectivity index (χ0n) is 13.2. The molecule has 0 aliphatic heterocycles. The first-order valence-electron chi connectivity index (χ1n) is 7.02. The van der Waals surface area contributed by atoms with E-state index in [4.69, 9.17) is 5.73 Å². The standard InChI is InChI=1S/C15H19N5O3/c1-9-6-4-5-7-10(9)12(20(2)3)14(22)17-8-11-18-15(13(16)21)23-19-11/h4-7,12H,8H2,1-3H3,(H2,16,21)(H,17,22)/t12-/m1/s1. The lowest BCUT2D eigenvalue weighted by molar-refractivity contribution is -0.126. The molecule has 122 valence electrons. The number of carbonyl (C=O) groups is 2. The molecule has 0 fully saturated rings. The topological polar surface area (TPSA) is 114 Å². The number of primary amides is 1. The van der Waals surface area contributed by atoms with Crippen LogP contribution in [0.4, 0.5) is 0 Å². The van der Waals surface area contributed by atoms with E-state index in [0.29, 0.717) is 0 Å². The van der Waals surface area contributed by atoms with Crippen LogP contribution in [-0.2, 0) is 11.3 Å². The predicted octanol–water partition coefficient (Wildman–Crippen LogP) is 0.396. The fourth-order valence-electron chi connectivity index (χ4n) is 2.24. The smallest absolute Gasteiger partial charge is 0.315 e. The molecule has 2 rings (SSSR count). The van der Waals surface area contributed by atoms with Crippen molar-refractivity contribution in [1.82, 2.24) is 20.4 Å². The first-order chi connectivity index (χ1) is 10.9. The van der Waals surface area contributed by atoms with Gasteiger partial charge in [0.15, 0.2) is 5.82 Å². The monoisotopic (exact) mass is 317 g/mol. The van der Waals surface area contributed by atoms with Crippen molar-refractivity contribution >= 4 is 11.8 Å². The Balaban J connectivity index is 2.10. The van der Waals surface area contributed by atoms with Crippen LogP contribution in [-0.4, -0.2) is 41.0 Å². The fourth-order valence-corrected chi connectivity index (χ4v) is 2.24. The van der Waals surface area contributed by atoms with E-state index in [0.717, 1.165) is 11.1 Å². The van der Waals surface area contributed by atoms with Gasteiger partial charge in [0.1, 0.15) is 6.04 Å². The summed E-state index contributed by atoms with van der Waals surface area (Å²) in [5, 5.41) is 6.33. The molecule has 0 unspecified atom stereocenters. The van der Waals surface area contributed by atoms with E-state index < -0.39 is 11.9 Å². The Morgan fingerprint density at radius 1 is 1.35 bits per heavy atom. The quantitative estimate of drug-likeness (QED) is 0.797. The maximum atomic E-state index is 12.5. The second-order valence-corrected chi connectivity index (χ2v) is 5.32. The summed E-state index contributed by atoms with van der Waals surface area (Å²) in [6.07, 6.45) is 0. The van der Waals surface area contributed by atoms with E-state index >= 15 is 0 Å². The third-order valence-corrected chi connectivity index (χ3v) is 3.35. The Morgan fingerprint density at radius 3 is 2.61 bits per heavy atom. The molecule has 1 heterocycles. The van der Waals surface area contributed by atoms with Crippen molar-refractivity contribution < 1.29 is 14.1 Å². The van der Waals surface area contributed by atoms with E-state index in [1.54, 1.807) is 0 Å². The van der Waals surface area contributed by atoms with Gasteiger partial charge in [-0.25, -0.2) is 0 Å². The van der Waals surface area contributed by atoms with Crippen LogP contribution in [0.3, 0.4) is 0 Å². The van der Waals surface area contributed by atoms with Crippen molar-refractivity contribution in [3.8, 4) is 0 Å². The summed E-state index contributed by atoms with van der Waals surface area (Å²) in [4.78, 5) is 29.0. The molecule has 1 atom stereocenters. The minimum absolute atomic E-state index is 0.0475. The lowest BCUT2D eigenvalue weighted by atomic mass is 10.00. The van der Waals surface area contributed by atoms with Gasteiger partial charge in [0.25, 0.3) is 0 Å². The van der Waals surface area contributed by atoms with Crippen molar-refractivity contribution in [2.24, 2.45) is 5.73 Å². The highest BCUT2D eigenvalue weighted by atomic mass is 16.5.